The highest BCUT2D eigenvalue weighted by atomic mass is 79.9. The summed E-state index contributed by atoms with van der Waals surface area (Å²) in [7, 11) is -3.42. The van der Waals surface area contributed by atoms with Crippen molar-refractivity contribution < 1.29 is 22.7 Å². The summed E-state index contributed by atoms with van der Waals surface area (Å²) in [6, 6.07) is 12.8. The van der Waals surface area contributed by atoms with Gasteiger partial charge in [-0.15, -0.1) is 0 Å². The van der Waals surface area contributed by atoms with Crippen LogP contribution in [0.2, 0.25) is 0 Å². The van der Waals surface area contributed by atoms with Gasteiger partial charge >= 0.3 is 0 Å². The second-order valence-electron chi connectivity index (χ2n) is 8.19. The molecular weight excluding hydrogens is 496 g/mol. The quantitative estimate of drug-likeness (QED) is 0.625. The van der Waals surface area contributed by atoms with E-state index >= 15 is 0 Å². The number of piperidine rings is 1. The van der Waals surface area contributed by atoms with Crippen molar-refractivity contribution in [3.8, 4) is 11.5 Å². The summed E-state index contributed by atoms with van der Waals surface area (Å²) in [6.45, 7) is 3.69. The van der Waals surface area contributed by atoms with Gasteiger partial charge in [0, 0.05) is 23.5 Å². The van der Waals surface area contributed by atoms with Crippen LogP contribution in [0.4, 0.5) is 0 Å². The molecule has 4 rings (SSSR count). The average molecular weight is 523 g/mol. The largest absolute Gasteiger partial charge is 0.486 e. The Labute approximate surface area is 197 Å². The summed E-state index contributed by atoms with van der Waals surface area (Å²) < 4.78 is 39.2. The van der Waals surface area contributed by atoms with Crippen molar-refractivity contribution in [1.82, 2.24) is 9.62 Å². The Morgan fingerprint density at radius 3 is 2.56 bits per heavy atom. The molecule has 7 nitrogen and oxygen atoms in total. The number of carbonyl (C=O) groups excluding carboxylic acids is 1. The van der Waals surface area contributed by atoms with Gasteiger partial charge in [-0.3, -0.25) is 4.79 Å². The third-order valence-electron chi connectivity index (χ3n) is 5.88. The third-order valence-corrected chi connectivity index (χ3v) is 8.22. The molecule has 9 heteroatoms. The lowest BCUT2D eigenvalue weighted by Gasteiger charge is -2.31. The number of hydrogen-bond acceptors (Lipinski definition) is 5. The number of fused-ring (bicyclic) bond motifs is 1. The van der Waals surface area contributed by atoms with Gasteiger partial charge in [0.2, 0.25) is 15.9 Å². The van der Waals surface area contributed by atoms with Crippen molar-refractivity contribution in [2.24, 2.45) is 5.92 Å². The van der Waals surface area contributed by atoms with Crippen molar-refractivity contribution in [2.45, 2.75) is 31.6 Å². The molecular formula is C23H27BrN2O5S. The second kappa shape index (κ2) is 9.80. The fourth-order valence-electron chi connectivity index (χ4n) is 4.07. The summed E-state index contributed by atoms with van der Waals surface area (Å²) in [5.74, 6) is 1.13. The summed E-state index contributed by atoms with van der Waals surface area (Å²) in [5, 5.41) is 3.06. The van der Waals surface area contributed by atoms with E-state index < -0.39 is 10.0 Å². The Morgan fingerprint density at radius 1 is 1.12 bits per heavy atom. The van der Waals surface area contributed by atoms with Gasteiger partial charge in [-0.2, -0.15) is 0 Å². The summed E-state index contributed by atoms with van der Waals surface area (Å²) in [6.07, 6.45) is 1.02. The van der Waals surface area contributed by atoms with Gasteiger partial charge in [-0.05, 0) is 55.2 Å². The number of carbonyl (C=O) groups is 1. The van der Waals surface area contributed by atoms with Crippen LogP contribution in [0.1, 0.15) is 36.9 Å². The van der Waals surface area contributed by atoms with Crippen LogP contribution in [0.25, 0.3) is 0 Å². The molecule has 2 aromatic carbocycles. The first-order chi connectivity index (χ1) is 15.3. The minimum absolute atomic E-state index is 0.0373. The molecule has 0 aliphatic carbocycles. The number of nitrogens with one attached hydrogen (secondary N) is 1. The smallest absolute Gasteiger partial charge is 0.223 e. The van der Waals surface area contributed by atoms with E-state index in [2.05, 4.69) is 21.2 Å². The Hall–Kier alpha value is -2.10. The van der Waals surface area contributed by atoms with E-state index in [4.69, 9.17) is 9.47 Å². The zero-order chi connectivity index (χ0) is 22.7. The van der Waals surface area contributed by atoms with Crippen LogP contribution >= 0.6 is 15.9 Å². The molecule has 2 aromatic rings. The van der Waals surface area contributed by atoms with Crippen LogP contribution in [-0.2, 0) is 20.6 Å². The maximum Gasteiger partial charge on any atom is 0.223 e. The molecule has 1 unspecified atom stereocenters. The monoisotopic (exact) mass is 522 g/mol. The molecule has 0 saturated carbocycles. The summed E-state index contributed by atoms with van der Waals surface area (Å²) >= 11 is 3.38. The lowest BCUT2D eigenvalue weighted by molar-refractivity contribution is -0.126. The molecule has 1 N–H and O–H groups in total. The highest BCUT2D eigenvalue weighted by molar-refractivity contribution is 9.10. The zero-order valence-corrected chi connectivity index (χ0v) is 20.3. The van der Waals surface area contributed by atoms with E-state index in [-0.39, 0.29) is 23.6 Å². The van der Waals surface area contributed by atoms with Gasteiger partial charge in [-0.1, -0.05) is 34.1 Å². The molecule has 1 amide bonds. The SMILES string of the molecule is CC(NC(=O)C1CCN(S(=O)(=O)Cc2cccc(Br)c2)CC1)c1ccc2c(c1)OCCO2. The minimum atomic E-state index is -3.42. The number of benzene rings is 2. The van der Waals surface area contributed by atoms with E-state index in [0.29, 0.717) is 44.9 Å². The highest BCUT2D eigenvalue weighted by Gasteiger charge is 2.31. The number of ether oxygens (including phenoxy) is 2. The first kappa shape index (κ1) is 23.1. The lowest BCUT2D eigenvalue weighted by Crippen LogP contribution is -2.43. The molecule has 1 atom stereocenters. The summed E-state index contributed by atoms with van der Waals surface area (Å²) in [5.41, 5.74) is 1.68. The number of rotatable bonds is 6. The second-order valence-corrected chi connectivity index (χ2v) is 11.1. The van der Waals surface area contributed by atoms with E-state index in [1.165, 1.54) is 4.31 Å². The normalized spacial score (nSPS) is 18.2. The fraction of sp³-hybridized carbons (Fsp3) is 0.435. The number of hydrogen-bond donors (Lipinski definition) is 1. The molecule has 1 saturated heterocycles. The molecule has 0 bridgehead atoms. The van der Waals surface area contributed by atoms with Crippen LogP contribution in [-0.4, -0.2) is 44.9 Å². The molecule has 0 radical (unpaired) electrons. The molecule has 32 heavy (non-hydrogen) atoms. The van der Waals surface area contributed by atoms with Gasteiger partial charge < -0.3 is 14.8 Å². The minimum Gasteiger partial charge on any atom is -0.486 e. The van der Waals surface area contributed by atoms with E-state index in [1.54, 1.807) is 0 Å². The number of amides is 1. The molecule has 2 aliphatic rings. The Morgan fingerprint density at radius 2 is 1.84 bits per heavy atom. The average Bonchev–Trinajstić information content (AvgIpc) is 2.78. The zero-order valence-electron chi connectivity index (χ0n) is 17.9. The van der Waals surface area contributed by atoms with Gasteiger partial charge in [0.15, 0.2) is 11.5 Å². The van der Waals surface area contributed by atoms with Gasteiger partial charge in [0.05, 0.1) is 11.8 Å². The van der Waals surface area contributed by atoms with Gasteiger partial charge in [-0.25, -0.2) is 12.7 Å². The van der Waals surface area contributed by atoms with Crippen molar-refractivity contribution >= 4 is 31.9 Å². The fourth-order valence-corrected chi connectivity index (χ4v) is 6.07. The third kappa shape index (κ3) is 5.44. The number of sulfonamides is 1. The van der Waals surface area contributed by atoms with Crippen LogP contribution < -0.4 is 14.8 Å². The Bertz CT molecular complexity index is 1080. The Kier molecular flexibility index (Phi) is 7.07. The molecule has 1 fully saturated rings. The topological polar surface area (TPSA) is 84.9 Å². The van der Waals surface area contributed by atoms with Crippen molar-refractivity contribution in [3.05, 3.63) is 58.1 Å². The van der Waals surface area contributed by atoms with Crippen molar-refractivity contribution in [1.29, 1.82) is 0 Å². The standard InChI is InChI=1S/C23H27BrN2O5S/c1-16(19-5-6-21-22(14-19)31-12-11-30-21)25-23(27)18-7-9-26(10-8-18)32(28,29)15-17-3-2-4-20(24)13-17/h2-6,13-14,16,18H,7-12,15H2,1H3,(H,25,27). The number of halogens is 1. The van der Waals surface area contributed by atoms with Crippen LogP contribution in [0, 0.1) is 5.92 Å². The van der Waals surface area contributed by atoms with Crippen LogP contribution in [0.15, 0.2) is 46.9 Å². The Balaban J connectivity index is 1.31. The first-order valence-electron chi connectivity index (χ1n) is 10.7. The van der Waals surface area contributed by atoms with E-state index in [9.17, 15) is 13.2 Å². The molecule has 2 aliphatic heterocycles. The maximum atomic E-state index is 12.8. The molecule has 0 aromatic heterocycles. The van der Waals surface area contributed by atoms with Crippen molar-refractivity contribution in [3.63, 3.8) is 0 Å². The maximum absolute atomic E-state index is 12.8. The van der Waals surface area contributed by atoms with Crippen LogP contribution in [0.3, 0.4) is 0 Å². The van der Waals surface area contributed by atoms with Gasteiger partial charge in [0.1, 0.15) is 13.2 Å². The lowest BCUT2D eigenvalue weighted by atomic mass is 9.96. The van der Waals surface area contributed by atoms with E-state index in [1.807, 2.05) is 49.4 Å². The predicted molar refractivity (Wildman–Crippen MR) is 125 cm³/mol. The van der Waals surface area contributed by atoms with E-state index in [0.717, 1.165) is 21.3 Å². The predicted octanol–water partition coefficient (Wildman–Crippen LogP) is 3.64. The van der Waals surface area contributed by atoms with Gasteiger partial charge in [0.25, 0.3) is 0 Å². The number of nitrogens with zero attached hydrogens (tertiary/aromatic N) is 1. The first-order valence-corrected chi connectivity index (χ1v) is 13.1. The van der Waals surface area contributed by atoms with Crippen molar-refractivity contribution in [2.75, 3.05) is 26.3 Å². The highest BCUT2D eigenvalue weighted by Crippen LogP contribution is 2.33. The molecule has 172 valence electrons. The summed E-state index contributed by atoms with van der Waals surface area (Å²) in [4.78, 5) is 12.8. The molecule has 0 spiro atoms. The van der Waals surface area contributed by atoms with Crippen LogP contribution in [0.5, 0.6) is 11.5 Å². The molecule has 2 heterocycles.